The van der Waals surface area contributed by atoms with E-state index in [1.807, 2.05) is 0 Å². The van der Waals surface area contributed by atoms with Gasteiger partial charge in [-0.05, 0) is 37.7 Å². The number of hydrogen-bond donors (Lipinski definition) is 2. The minimum Gasteiger partial charge on any atom is -0.466 e. The van der Waals surface area contributed by atoms with Gasteiger partial charge < -0.3 is 24.8 Å². The lowest BCUT2D eigenvalue weighted by molar-refractivity contribution is -0.148. The number of carbonyl (C=O) groups excluding carboxylic acids is 2. The number of aliphatic imine (C=N–C) groups is 1. The number of allylic oxidation sites excluding steroid dienone is 1. The highest BCUT2D eigenvalue weighted by molar-refractivity contribution is 7.11. The molecule has 2 aliphatic rings. The van der Waals surface area contributed by atoms with Gasteiger partial charge in [0.15, 0.2) is 22.5 Å². The van der Waals surface area contributed by atoms with Gasteiger partial charge in [0, 0.05) is 49.5 Å². The number of methoxy groups -OCH3 is 2. The quantitative estimate of drug-likeness (QED) is 0.308. The number of rotatable bonds is 10. The third-order valence-corrected chi connectivity index (χ3v) is 8.09. The number of nitrogens with zero attached hydrogens (tertiary/aromatic N) is 2. The van der Waals surface area contributed by atoms with Crippen LogP contribution in [-0.4, -0.2) is 62.3 Å². The van der Waals surface area contributed by atoms with Gasteiger partial charge in [-0.2, -0.15) is 0 Å². The van der Waals surface area contributed by atoms with Crippen molar-refractivity contribution in [3.63, 3.8) is 0 Å². The van der Waals surface area contributed by atoms with Crippen LogP contribution in [0.5, 0.6) is 0 Å². The Balaban J connectivity index is 1.62. The third kappa shape index (κ3) is 6.85. The maximum atomic E-state index is 14.5. The SMILES string of the molecule is COC[C@@H](CN[C@H]1CC[C@H](C2=C(C(=O)OC)C(c3ccc(F)c(F)c3Cl)N=C(c3nccs3)N2)CC1)OC(C)=O. The number of nitrogens with one attached hydrogen (secondary N) is 2. The van der Waals surface area contributed by atoms with Crippen LogP contribution in [0, 0.1) is 17.6 Å². The van der Waals surface area contributed by atoms with Crippen molar-refractivity contribution in [2.45, 2.75) is 50.8 Å². The molecule has 0 radical (unpaired) electrons. The van der Waals surface area contributed by atoms with Crippen LogP contribution in [0.15, 0.2) is 40.0 Å². The first-order valence-corrected chi connectivity index (χ1v) is 14.1. The largest absolute Gasteiger partial charge is 0.466 e. The number of thiazole rings is 1. The lowest BCUT2D eigenvalue weighted by Gasteiger charge is -2.35. The Kier molecular flexibility index (Phi) is 10.2. The fourth-order valence-corrected chi connectivity index (χ4v) is 5.93. The Morgan fingerprint density at radius 3 is 2.60 bits per heavy atom. The molecule has 1 fully saturated rings. The molecule has 0 amide bonds. The van der Waals surface area contributed by atoms with Gasteiger partial charge >= 0.3 is 11.9 Å². The molecule has 9 nitrogen and oxygen atoms in total. The first-order valence-electron chi connectivity index (χ1n) is 12.8. The summed E-state index contributed by atoms with van der Waals surface area (Å²) in [6.07, 6.45) is 4.23. The number of ether oxygens (including phenoxy) is 3. The Morgan fingerprint density at radius 2 is 1.98 bits per heavy atom. The molecule has 1 aliphatic carbocycles. The number of carbonyl (C=O) groups is 2. The van der Waals surface area contributed by atoms with Crippen LogP contribution in [0.1, 0.15) is 49.2 Å². The van der Waals surface area contributed by atoms with Gasteiger partial charge in [0.1, 0.15) is 12.1 Å². The van der Waals surface area contributed by atoms with Crippen LogP contribution in [0.3, 0.4) is 0 Å². The summed E-state index contributed by atoms with van der Waals surface area (Å²) in [5.41, 5.74) is 0.953. The predicted molar refractivity (Wildman–Crippen MR) is 146 cm³/mol. The van der Waals surface area contributed by atoms with Crippen LogP contribution in [0.2, 0.25) is 5.02 Å². The van der Waals surface area contributed by atoms with E-state index in [9.17, 15) is 18.4 Å². The van der Waals surface area contributed by atoms with E-state index in [2.05, 4.69) is 20.6 Å². The number of halogens is 3. The van der Waals surface area contributed by atoms with Crippen molar-refractivity contribution >= 4 is 40.7 Å². The minimum absolute atomic E-state index is 0.0765. The van der Waals surface area contributed by atoms with Crippen LogP contribution >= 0.6 is 22.9 Å². The second kappa shape index (κ2) is 13.6. The van der Waals surface area contributed by atoms with E-state index >= 15 is 0 Å². The van der Waals surface area contributed by atoms with Crippen molar-refractivity contribution in [3.8, 4) is 0 Å². The van der Waals surface area contributed by atoms with Crippen LogP contribution in [0.25, 0.3) is 0 Å². The fourth-order valence-electron chi connectivity index (χ4n) is 5.09. The van der Waals surface area contributed by atoms with Crippen LogP contribution in [0.4, 0.5) is 8.78 Å². The van der Waals surface area contributed by atoms with Crippen molar-refractivity contribution in [1.82, 2.24) is 15.6 Å². The van der Waals surface area contributed by atoms with Crippen molar-refractivity contribution in [2.24, 2.45) is 10.9 Å². The highest BCUT2D eigenvalue weighted by Gasteiger charge is 2.38. The summed E-state index contributed by atoms with van der Waals surface area (Å²) < 4.78 is 44.0. The minimum atomic E-state index is -1.21. The molecule has 1 aliphatic heterocycles. The number of esters is 2. The van der Waals surface area contributed by atoms with E-state index in [1.165, 1.54) is 31.4 Å². The molecule has 0 spiro atoms. The zero-order valence-corrected chi connectivity index (χ0v) is 23.9. The van der Waals surface area contributed by atoms with Gasteiger partial charge in [-0.3, -0.25) is 9.79 Å². The second-order valence-corrected chi connectivity index (χ2v) is 10.8. The standard InChI is InChI=1S/C27H31ClF2N4O5S/c1-14(35)39-17(13-37-2)12-32-16-6-4-15(5-7-16)23-20(27(36)38-3)24(18-8-9-19(29)22(30)21(18)28)34-25(33-23)26-31-10-11-40-26/h8-11,15-17,24,32H,4-7,12-13H2,1-3H3,(H,33,34)/t15-,16-,17-,24?/m1/s1. The molecule has 0 saturated heterocycles. The average Bonchev–Trinajstić information content (AvgIpc) is 3.49. The molecule has 1 aromatic carbocycles. The molecule has 4 rings (SSSR count). The molecular weight excluding hydrogens is 566 g/mol. The van der Waals surface area contributed by atoms with Gasteiger partial charge in [0.2, 0.25) is 0 Å². The van der Waals surface area contributed by atoms with Gasteiger partial charge in [-0.1, -0.05) is 17.7 Å². The molecule has 2 heterocycles. The molecule has 1 unspecified atom stereocenters. The van der Waals surface area contributed by atoms with Crippen molar-refractivity contribution < 1.29 is 32.6 Å². The first kappa shape index (κ1) is 30.0. The summed E-state index contributed by atoms with van der Waals surface area (Å²) in [4.78, 5) is 33.6. The van der Waals surface area contributed by atoms with Crippen LogP contribution in [-0.2, 0) is 23.8 Å². The number of aromatic nitrogens is 1. The topological polar surface area (TPSA) is 111 Å². The summed E-state index contributed by atoms with van der Waals surface area (Å²) in [6, 6.07) is 1.44. The summed E-state index contributed by atoms with van der Waals surface area (Å²) >= 11 is 7.60. The second-order valence-electron chi connectivity index (χ2n) is 9.57. The summed E-state index contributed by atoms with van der Waals surface area (Å²) in [5.74, 6) is -2.98. The van der Waals surface area contributed by atoms with E-state index < -0.39 is 34.8 Å². The fraction of sp³-hybridized carbons (Fsp3) is 0.481. The first-order chi connectivity index (χ1) is 19.2. The van der Waals surface area contributed by atoms with Crippen molar-refractivity contribution in [1.29, 1.82) is 0 Å². The molecule has 1 saturated carbocycles. The average molecular weight is 597 g/mol. The van der Waals surface area contributed by atoms with Gasteiger partial charge in [0.25, 0.3) is 0 Å². The maximum Gasteiger partial charge on any atom is 0.338 e. The van der Waals surface area contributed by atoms with E-state index in [0.29, 0.717) is 35.9 Å². The van der Waals surface area contributed by atoms with E-state index in [-0.39, 0.29) is 35.7 Å². The summed E-state index contributed by atoms with van der Waals surface area (Å²) in [5, 5.41) is 8.69. The molecule has 1 aromatic heterocycles. The molecule has 216 valence electrons. The van der Waals surface area contributed by atoms with E-state index in [4.69, 9.17) is 25.8 Å². The number of amidine groups is 1. The summed E-state index contributed by atoms with van der Waals surface area (Å²) in [6.45, 7) is 2.10. The number of benzene rings is 1. The lowest BCUT2D eigenvalue weighted by Crippen LogP contribution is -2.43. The highest BCUT2D eigenvalue weighted by Crippen LogP contribution is 2.41. The lowest BCUT2D eigenvalue weighted by atomic mass is 9.80. The zero-order valence-electron chi connectivity index (χ0n) is 22.3. The molecule has 2 atom stereocenters. The van der Waals surface area contributed by atoms with Gasteiger partial charge in [-0.15, -0.1) is 11.3 Å². The predicted octanol–water partition coefficient (Wildman–Crippen LogP) is 4.32. The van der Waals surface area contributed by atoms with Crippen molar-refractivity contribution in [3.05, 3.63) is 62.2 Å². The van der Waals surface area contributed by atoms with E-state index in [0.717, 1.165) is 18.9 Å². The smallest absolute Gasteiger partial charge is 0.338 e. The third-order valence-electron chi connectivity index (χ3n) is 6.93. The Labute approximate surface area is 240 Å². The molecule has 2 N–H and O–H groups in total. The maximum absolute atomic E-state index is 14.5. The van der Waals surface area contributed by atoms with Crippen molar-refractivity contribution in [2.75, 3.05) is 27.4 Å². The summed E-state index contributed by atoms with van der Waals surface area (Å²) in [7, 11) is 2.81. The monoisotopic (exact) mass is 596 g/mol. The zero-order chi connectivity index (χ0) is 28.8. The highest BCUT2D eigenvalue weighted by atomic mass is 35.5. The van der Waals surface area contributed by atoms with Gasteiger partial charge in [-0.25, -0.2) is 18.6 Å². The number of hydrogen-bond acceptors (Lipinski definition) is 10. The molecular formula is C27H31ClF2N4O5S. The van der Waals surface area contributed by atoms with E-state index in [1.54, 1.807) is 18.7 Å². The normalized spacial score (nSPS) is 21.9. The Bertz CT molecular complexity index is 1280. The molecule has 2 aromatic rings. The Morgan fingerprint density at radius 1 is 1.23 bits per heavy atom. The molecule has 13 heteroatoms. The molecule has 0 bridgehead atoms. The van der Waals surface area contributed by atoms with Gasteiger partial charge in [0.05, 0.1) is 24.3 Å². The van der Waals surface area contributed by atoms with Crippen LogP contribution < -0.4 is 10.6 Å². The Hall–Kier alpha value is -2.93. The molecule has 40 heavy (non-hydrogen) atoms.